The van der Waals surface area contributed by atoms with Crippen molar-refractivity contribution in [3.63, 3.8) is 0 Å². The van der Waals surface area contributed by atoms with Crippen molar-refractivity contribution >= 4 is 11.3 Å². The van der Waals surface area contributed by atoms with Crippen LogP contribution in [0.15, 0.2) is 11.4 Å². The predicted molar refractivity (Wildman–Crippen MR) is 70.3 cm³/mol. The molecule has 0 aliphatic carbocycles. The third-order valence-corrected chi connectivity index (χ3v) is 3.65. The second kappa shape index (κ2) is 4.98. The van der Waals surface area contributed by atoms with E-state index >= 15 is 0 Å². The van der Waals surface area contributed by atoms with Crippen molar-refractivity contribution in [2.75, 3.05) is 7.05 Å². The van der Waals surface area contributed by atoms with Crippen LogP contribution in [0.4, 0.5) is 0 Å². The van der Waals surface area contributed by atoms with E-state index in [0.717, 1.165) is 22.8 Å². The van der Waals surface area contributed by atoms with E-state index in [9.17, 15) is 0 Å². The maximum atomic E-state index is 4.54. The molecule has 5 heteroatoms. The van der Waals surface area contributed by atoms with Gasteiger partial charge in [0.05, 0.1) is 22.4 Å². The van der Waals surface area contributed by atoms with Crippen LogP contribution in [0.2, 0.25) is 0 Å². The Labute approximate surface area is 106 Å². The lowest BCUT2D eigenvalue weighted by molar-refractivity contribution is 0.550. The molecule has 4 nitrogen and oxygen atoms in total. The minimum Gasteiger partial charge on any atom is -0.311 e. The molecule has 17 heavy (non-hydrogen) atoms. The van der Waals surface area contributed by atoms with E-state index in [1.807, 2.05) is 32.6 Å². The van der Waals surface area contributed by atoms with Gasteiger partial charge in [0.15, 0.2) is 0 Å². The molecule has 1 N–H and O–H groups in total. The van der Waals surface area contributed by atoms with Crippen LogP contribution in [-0.4, -0.2) is 21.8 Å². The van der Waals surface area contributed by atoms with Crippen LogP contribution in [-0.2, 0) is 13.5 Å². The van der Waals surface area contributed by atoms with Gasteiger partial charge in [0.2, 0.25) is 0 Å². The zero-order chi connectivity index (χ0) is 12.4. The van der Waals surface area contributed by atoms with E-state index < -0.39 is 0 Å². The minimum absolute atomic E-state index is 0.259. The average molecular weight is 250 g/mol. The number of rotatable bonds is 4. The maximum Gasteiger partial charge on any atom is 0.0898 e. The van der Waals surface area contributed by atoms with Crippen LogP contribution in [0.25, 0.3) is 0 Å². The summed E-state index contributed by atoms with van der Waals surface area (Å²) in [6.45, 7) is 4.06. The van der Waals surface area contributed by atoms with Crippen molar-refractivity contribution in [2.24, 2.45) is 7.05 Å². The van der Waals surface area contributed by atoms with Gasteiger partial charge >= 0.3 is 0 Å². The molecule has 0 radical (unpaired) electrons. The topological polar surface area (TPSA) is 42.7 Å². The smallest absolute Gasteiger partial charge is 0.0898 e. The van der Waals surface area contributed by atoms with Crippen molar-refractivity contribution in [1.82, 2.24) is 20.1 Å². The van der Waals surface area contributed by atoms with E-state index in [4.69, 9.17) is 0 Å². The molecule has 0 aliphatic heterocycles. The molecule has 0 saturated heterocycles. The molecule has 2 rings (SSSR count). The van der Waals surface area contributed by atoms with E-state index in [-0.39, 0.29) is 6.04 Å². The standard InChI is InChI=1S/C12H18N4S/c1-8-5-10(16(4)15-8)6-11(13-3)12-7-17-9(2)14-12/h5,7,11,13H,6H2,1-4H3. The molecule has 0 saturated carbocycles. The van der Waals surface area contributed by atoms with E-state index in [2.05, 4.69) is 26.8 Å². The van der Waals surface area contributed by atoms with Gasteiger partial charge < -0.3 is 5.32 Å². The van der Waals surface area contributed by atoms with E-state index in [0.29, 0.717) is 0 Å². The highest BCUT2D eigenvalue weighted by molar-refractivity contribution is 7.09. The van der Waals surface area contributed by atoms with Crippen molar-refractivity contribution in [3.05, 3.63) is 33.5 Å². The molecule has 0 aromatic carbocycles. The summed E-state index contributed by atoms with van der Waals surface area (Å²) in [5.74, 6) is 0. The highest BCUT2D eigenvalue weighted by atomic mass is 32.1. The van der Waals surface area contributed by atoms with Crippen molar-refractivity contribution in [1.29, 1.82) is 0 Å². The highest BCUT2D eigenvalue weighted by Crippen LogP contribution is 2.20. The fourth-order valence-corrected chi connectivity index (χ4v) is 2.63. The summed E-state index contributed by atoms with van der Waals surface area (Å²) in [5.41, 5.74) is 3.41. The third-order valence-electron chi connectivity index (χ3n) is 2.85. The largest absolute Gasteiger partial charge is 0.311 e. The van der Waals surface area contributed by atoms with Crippen LogP contribution >= 0.6 is 11.3 Å². The second-order valence-corrected chi connectivity index (χ2v) is 5.30. The molecule has 0 fully saturated rings. The monoisotopic (exact) mass is 250 g/mol. The molecule has 92 valence electrons. The first kappa shape index (κ1) is 12.3. The van der Waals surface area contributed by atoms with E-state index in [1.165, 1.54) is 5.69 Å². The molecule has 2 heterocycles. The van der Waals surface area contributed by atoms with Gasteiger partial charge in [-0.25, -0.2) is 4.98 Å². The van der Waals surface area contributed by atoms with Crippen LogP contribution < -0.4 is 5.32 Å². The first-order valence-corrected chi connectivity index (χ1v) is 6.57. The molecule has 0 amide bonds. The first-order valence-electron chi connectivity index (χ1n) is 5.69. The van der Waals surface area contributed by atoms with Crippen LogP contribution in [0, 0.1) is 13.8 Å². The SMILES string of the molecule is CNC(Cc1cc(C)nn1C)c1csc(C)n1. The Morgan fingerprint density at radius 1 is 1.47 bits per heavy atom. The maximum absolute atomic E-state index is 4.54. The quantitative estimate of drug-likeness (QED) is 0.902. The molecular formula is C12H18N4S. The van der Waals surface area contributed by atoms with Gasteiger partial charge in [0.25, 0.3) is 0 Å². The summed E-state index contributed by atoms with van der Waals surface area (Å²) in [5, 5.41) is 10.9. The average Bonchev–Trinajstić information content (AvgIpc) is 2.82. The molecule has 2 aromatic rings. The normalized spacial score (nSPS) is 12.9. The van der Waals surface area contributed by atoms with Crippen molar-refractivity contribution in [2.45, 2.75) is 26.3 Å². The lowest BCUT2D eigenvalue weighted by Gasteiger charge is -2.13. The Balaban J connectivity index is 2.18. The van der Waals surface area contributed by atoms with Gasteiger partial charge in [-0.15, -0.1) is 11.3 Å². The summed E-state index contributed by atoms with van der Waals surface area (Å²) >= 11 is 1.69. The molecule has 0 bridgehead atoms. The number of aromatic nitrogens is 3. The number of nitrogens with one attached hydrogen (secondary N) is 1. The van der Waals surface area contributed by atoms with Gasteiger partial charge in [-0.1, -0.05) is 0 Å². The van der Waals surface area contributed by atoms with Gasteiger partial charge in [-0.05, 0) is 27.0 Å². The van der Waals surface area contributed by atoms with Gasteiger partial charge in [0, 0.05) is 24.5 Å². The Bertz CT molecular complexity index is 500. The molecular weight excluding hydrogens is 232 g/mol. The number of likely N-dealkylation sites (N-methyl/N-ethyl adjacent to an activating group) is 1. The fraction of sp³-hybridized carbons (Fsp3) is 0.500. The zero-order valence-corrected chi connectivity index (χ0v) is 11.5. The summed E-state index contributed by atoms with van der Waals surface area (Å²) in [6, 6.07) is 2.39. The number of thiazole rings is 1. The lowest BCUT2D eigenvalue weighted by Crippen LogP contribution is -2.20. The zero-order valence-electron chi connectivity index (χ0n) is 10.7. The second-order valence-electron chi connectivity index (χ2n) is 4.24. The third kappa shape index (κ3) is 2.73. The number of hydrogen-bond donors (Lipinski definition) is 1. The van der Waals surface area contributed by atoms with Crippen LogP contribution in [0.5, 0.6) is 0 Å². The number of aryl methyl sites for hydroxylation is 3. The minimum atomic E-state index is 0.259. The van der Waals surface area contributed by atoms with Crippen molar-refractivity contribution < 1.29 is 0 Å². The molecule has 1 unspecified atom stereocenters. The van der Waals surface area contributed by atoms with Crippen LogP contribution in [0.1, 0.15) is 28.1 Å². The van der Waals surface area contributed by atoms with Crippen LogP contribution in [0.3, 0.4) is 0 Å². The van der Waals surface area contributed by atoms with Crippen molar-refractivity contribution in [3.8, 4) is 0 Å². The number of nitrogens with zero attached hydrogens (tertiary/aromatic N) is 3. The van der Waals surface area contributed by atoms with E-state index in [1.54, 1.807) is 11.3 Å². The highest BCUT2D eigenvalue weighted by Gasteiger charge is 2.15. The van der Waals surface area contributed by atoms with Gasteiger partial charge in [-0.2, -0.15) is 5.10 Å². The first-order chi connectivity index (χ1) is 8.10. The summed E-state index contributed by atoms with van der Waals surface area (Å²) in [4.78, 5) is 4.54. The Hall–Kier alpha value is -1.20. The van der Waals surface area contributed by atoms with Gasteiger partial charge in [-0.3, -0.25) is 4.68 Å². The summed E-state index contributed by atoms with van der Waals surface area (Å²) in [6.07, 6.45) is 0.914. The Kier molecular flexibility index (Phi) is 3.59. The molecule has 2 aromatic heterocycles. The molecule has 0 spiro atoms. The van der Waals surface area contributed by atoms with Gasteiger partial charge in [0.1, 0.15) is 0 Å². The predicted octanol–water partition coefficient (Wildman–Crippen LogP) is 2.00. The Morgan fingerprint density at radius 3 is 2.71 bits per heavy atom. The summed E-state index contributed by atoms with van der Waals surface area (Å²) < 4.78 is 1.94. The number of hydrogen-bond acceptors (Lipinski definition) is 4. The fourth-order valence-electron chi connectivity index (χ4n) is 1.96. The summed E-state index contributed by atoms with van der Waals surface area (Å²) in [7, 11) is 3.96. The Morgan fingerprint density at radius 2 is 2.24 bits per heavy atom. The molecule has 1 atom stereocenters. The lowest BCUT2D eigenvalue weighted by atomic mass is 10.1. The molecule has 0 aliphatic rings.